The topological polar surface area (TPSA) is 68.5 Å². The molecule has 0 radical (unpaired) electrons. The highest BCUT2D eigenvalue weighted by atomic mass is 16.5. The van der Waals surface area contributed by atoms with Gasteiger partial charge in [0.05, 0.1) is 13.7 Å². The molecule has 94 valence electrons. The van der Waals surface area contributed by atoms with Gasteiger partial charge in [-0.2, -0.15) is 4.98 Å². The van der Waals surface area contributed by atoms with E-state index in [0.29, 0.717) is 18.3 Å². The molecular weight excluding hydrogens is 222 g/mol. The lowest BCUT2D eigenvalue weighted by atomic mass is 10.0. The number of piperidine rings is 1. The smallest absolute Gasteiger partial charge is 0.323 e. The molecule has 0 bridgehead atoms. The molecule has 0 amide bonds. The molecule has 0 spiro atoms. The lowest BCUT2D eigenvalue weighted by Crippen LogP contribution is -2.44. The largest absolute Gasteiger partial charge is 0.468 e. The minimum absolute atomic E-state index is 0.174. The number of hydrogen-bond donors (Lipinski definition) is 0. The van der Waals surface area contributed by atoms with Crippen LogP contribution >= 0.6 is 0 Å². The molecule has 0 N–H and O–H groups in total. The standard InChI is InChI=1S/C11H17N3O3/c1-8-12-10(13-17-8)7-14-6-4-3-5-9(14)11(15)16-2/h9H,3-7H2,1-2H3/t9-/m1/s1. The van der Waals surface area contributed by atoms with E-state index in [0.717, 1.165) is 25.8 Å². The Hall–Kier alpha value is -1.43. The van der Waals surface area contributed by atoms with Crippen molar-refractivity contribution in [3.63, 3.8) is 0 Å². The van der Waals surface area contributed by atoms with E-state index in [4.69, 9.17) is 9.26 Å². The molecule has 6 heteroatoms. The maximum Gasteiger partial charge on any atom is 0.323 e. The molecule has 0 aliphatic carbocycles. The Bertz CT molecular complexity index is 391. The number of ether oxygens (including phenoxy) is 1. The van der Waals surface area contributed by atoms with Gasteiger partial charge in [0.25, 0.3) is 0 Å². The number of hydrogen-bond acceptors (Lipinski definition) is 6. The molecule has 1 fully saturated rings. The van der Waals surface area contributed by atoms with E-state index in [-0.39, 0.29) is 12.0 Å². The summed E-state index contributed by atoms with van der Waals surface area (Å²) in [5.74, 6) is 0.995. The summed E-state index contributed by atoms with van der Waals surface area (Å²) in [6.07, 6.45) is 2.98. The molecule has 1 aromatic rings. The van der Waals surface area contributed by atoms with Crippen molar-refractivity contribution in [2.24, 2.45) is 0 Å². The minimum Gasteiger partial charge on any atom is -0.468 e. The number of aromatic nitrogens is 2. The van der Waals surface area contributed by atoms with E-state index in [2.05, 4.69) is 15.0 Å². The number of methoxy groups -OCH3 is 1. The van der Waals surface area contributed by atoms with Crippen molar-refractivity contribution in [2.45, 2.75) is 38.8 Å². The van der Waals surface area contributed by atoms with Crippen LogP contribution in [0.5, 0.6) is 0 Å². The van der Waals surface area contributed by atoms with Crippen molar-refractivity contribution in [1.82, 2.24) is 15.0 Å². The first-order valence-electron chi connectivity index (χ1n) is 5.82. The average molecular weight is 239 g/mol. The van der Waals surface area contributed by atoms with Crippen molar-refractivity contribution in [3.8, 4) is 0 Å². The molecular formula is C11H17N3O3. The Morgan fingerprint density at radius 3 is 3.06 bits per heavy atom. The summed E-state index contributed by atoms with van der Waals surface area (Å²) < 4.78 is 9.74. The highest BCUT2D eigenvalue weighted by Crippen LogP contribution is 2.19. The van der Waals surface area contributed by atoms with Crippen LogP contribution in [0.4, 0.5) is 0 Å². The maximum atomic E-state index is 11.6. The number of aryl methyl sites for hydroxylation is 1. The fourth-order valence-corrected chi connectivity index (χ4v) is 2.17. The summed E-state index contributed by atoms with van der Waals surface area (Å²) in [6, 6.07) is -0.174. The van der Waals surface area contributed by atoms with Crippen LogP contribution in [-0.2, 0) is 16.1 Å². The van der Waals surface area contributed by atoms with Gasteiger partial charge >= 0.3 is 5.97 Å². The molecule has 1 aromatic heterocycles. The van der Waals surface area contributed by atoms with Gasteiger partial charge in [-0.15, -0.1) is 0 Å². The SMILES string of the molecule is COC(=O)[C@H]1CCCCN1Cc1noc(C)n1. The summed E-state index contributed by atoms with van der Waals surface area (Å²) in [6.45, 7) is 3.16. The molecule has 1 atom stereocenters. The van der Waals surface area contributed by atoms with Crippen LogP contribution in [0.1, 0.15) is 31.0 Å². The van der Waals surface area contributed by atoms with E-state index in [1.165, 1.54) is 7.11 Å². The number of nitrogens with zero attached hydrogens (tertiary/aromatic N) is 3. The van der Waals surface area contributed by atoms with Gasteiger partial charge in [0.1, 0.15) is 6.04 Å². The predicted molar refractivity (Wildman–Crippen MR) is 59.1 cm³/mol. The van der Waals surface area contributed by atoms with Crippen molar-refractivity contribution in [2.75, 3.05) is 13.7 Å². The van der Waals surface area contributed by atoms with Gasteiger partial charge in [0.2, 0.25) is 5.89 Å². The Kier molecular flexibility index (Phi) is 3.73. The zero-order valence-electron chi connectivity index (χ0n) is 10.2. The van der Waals surface area contributed by atoms with Crippen LogP contribution in [0, 0.1) is 6.92 Å². The molecule has 1 saturated heterocycles. The summed E-state index contributed by atoms with van der Waals surface area (Å²) >= 11 is 0. The Balaban J connectivity index is 2.03. The second-order valence-electron chi connectivity index (χ2n) is 4.23. The first kappa shape index (κ1) is 12.0. The summed E-state index contributed by atoms with van der Waals surface area (Å²) in [5, 5.41) is 3.85. The Labute approximate surface area is 99.9 Å². The summed E-state index contributed by atoms with van der Waals surface area (Å²) in [4.78, 5) is 17.9. The van der Waals surface area contributed by atoms with Crippen molar-refractivity contribution < 1.29 is 14.1 Å². The second-order valence-corrected chi connectivity index (χ2v) is 4.23. The van der Waals surface area contributed by atoms with Crippen molar-refractivity contribution in [3.05, 3.63) is 11.7 Å². The summed E-state index contributed by atoms with van der Waals surface area (Å²) in [5.41, 5.74) is 0. The third-order valence-corrected chi connectivity index (χ3v) is 3.00. The number of carbonyl (C=O) groups is 1. The monoisotopic (exact) mass is 239 g/mol. The predicted octanol–water partition coefficient (Wildman–Crippen LogP) is 0.906. The van der Waals surface area contributed by atoms with Gasteiger partial charge in [-0.1, -0.05) is 11.6 Å². The van der Waals surface area contributed by atoms with Gasteiger partial charge in [-0.25, -0.2) is 0 Å². The van der Waals surface area contributed by atoms with Crippen LogP contribution in [-0.4, -0.2) is 40.7 Å². The van der Waals surface area contributed by atoms with Gasteiger partial charge in [0.15, 0.2) is 5.82 Å². The molecule has 0 unspecified atom stereocenters. The van der Waals surface area contributed by atoms with Crippen LogP contribution in [0.25, 0.3) is 0 Å². The highest BCUT2D eigenvalue weighted by molar-refractivity contribution is 5.75. The zero-order chi connectivity index (χ0) is 12.3. The molecule has 6 nitrogen and oxygen atoms in total. The Morgan fingerprint density at radius 2 is 2.41 bits per heavy atom. The van der Waals surface area contributed by atoms with E-state index >= 15 is 0 Å². The highest BCUT2D eigenvalue weighted by Gasteiger charge is 2.30. The van der Waals surface area contributed by atoms with Crippen LogP contribution in [0.3, 0.4) is 0 Å². The maximum absolute atomic E-state index is 11.6. The molecule has 1 aliphatic heterocycles. The quantitative estimate of drug-likeness (QED) is 0.730. The van der Waals surface area contributed by atoms with E-state index < -0.39 is 0 Å². The van der Waals surface area contributed by atoms with Crippen LogP contribution in [0.2, 0.25) is 0 Å². The first-order chi connectivity index (χ1) is 8.20. The molecule has 17 heavy (non-hydrogen) atoms. The molecule has 1 aliphatic rings. The summed E-state index contributed by atoms with van der Waals surface area (Å²) in [7, 11) is 1.42. The van der Waals surface area contributed by atoms with Crippen LogP contribution in [0.15, 0.2) is 4.52 Å². The number of carbonyl (C=O) groups excluding carboxylic acids is 1. The molecule has 2 rings (SSSR count). The van der Waals surface area contributed by atoms with Gasteiger partial charge in [-0.05, 0) is 19.4 Å². The lowest BCUT2D eigenvalue weighted by Gasteiger charge is -2.32. The van der Waals surface area contributed by atoms with Gasteiger partial charge < -0.3 is 9.26 Å². The van der Waals surface area contributed by atoms with E-state index in [1.807, 2.05) is 0 Å². The second kappa shape index (κ2) is 5.27. The molecule has 0 saturated carbocycles. The zero-order valence-corrected chi connectivity index (χ0v) is 10.2. The van der Waals surface area contributed by atoms with E-state index in [9.17, 15) is 4.79 Å². The third-order valence-electron chi connectivity index (χ3n) is 3.00. The van der Waals surface area contributed by atoms with Gasteiger partial charge in [0, 0.05) is 6.92 Å². The third kappa shape index (κ3) is 2.82. The first-order valence-corrected chi connectivity index (χ1v) is 5.82. The Morgan fingerprint density at radius 1 is 1.59 bits per heavy atom. The van der Waals surface area contributed by atoms with E-state index in [1.54, 1.807) is 6.92 Å². The minimum atomic E-state index is -0.176. The van der Waals surface area contributed by atoms with Gasteiger partial charge in [-0.3, -0.25) is 9.69 Å². The lowest BCUT2D eigenvalue weighted by molar-refractivity contribution is -0.148. The van der Waals surface area contributed by atoms with Crippen molar-refractivity contribution in [1.29, 1.82) is 0 Å². The number of rotatable bonds is 3. The normalized spacial score (nSPS) is 21.4. The number of esters is 1. The van der Waals surface area contributed by atoms with Crippen LogP contribution < -0.4 is 0 Å². The average Bonchev–Trinajstić information content (AvgIpc) is 2.74. The number of likely N-dealkylation sites (tertiary alicyclic amines) is 1. The van der Waals surface area contributed by atoms with Crippen molar-refractivity contribution >= 4 is 5.97 Å². The fraction of sp³-hybridized carbons (Fsp3) is 0.727. The molecule has 2 heterocycles. The fourth-order valence-electron chi connectivity index (χ4n) is 2.17. The molecule has 0 aromatic carbocycles.